The molecular weight excluding hydrogens is 270 g/mol. The van der Waals surface area contributed by atoms with E-state index in [0.717, 1.165) is 0 Å². The lowest BCUT2D eigenvalue weighted by Gasteiger charge is -2.09. The first-order valence-electron chi connectivity index (χ1n) is 5.55. The number of nitrogens with one attached hydrogen (secondary N) is 1. The summed E-state index contributed by atoms with van der Waals surface area (Å²) in [6.07, 6.45) is 0. The molecule has 1 heterocycles. The Labute approximate surface area is 110 Å². The SMILES string of the molecule is CC(C)CNS(=O)(=O)c1cccc2nc(N)sc12. The van der Waals surface area contributed by atoms with Crippen molar-refractivity contribution in [3.8, 4) is 0 Å². The normalized spacial score (nSPS) is 12.4. The Bertz CT molecular complexity index is 662. The smallest absolute Gasteiger partial charge is 0.242 e. The van der Waals surface area contributed by atoms with Crippen molar-refractivity contribution in [2.24, 2.45) is 5.92 Å². The maximum Gasteiger partial charge on any atom is 0.242 e. The number of nitrogens with zero attached hydrogens (tertiary/aromatic N) is 1. The lowest BCUT2D eigenvalue weighted by atomic mass is 10.2. The maximum absolute atomic E-state index is 12.2. The van der Waals surface area contributed by atoms with Crippen LogP contribution in [0.3, 0.4) is 0 Å². The van der Waals surface area contributed by atoms with Gasteiger partial charge in [0, 0.05) is 6.54 Å². The molecule has 0 aliphatic heterocycles. The number of benzene rings is 1. The van der Waals surface area contributed by atoms with Crippen LogP contribution in [0.1, 0.15) is 13.8 Å². The Balaban J connectivity index is 2.47. The molecule has 0 bridgehead atoms. The van der Waals surface area contributed by atoms with Gasteiger partial charge < -0.3 is 5.73 Å². The lowest BCUT2D eigenvalue weighted by Crippen LogP contribution is -2.27. The van der Waals surface area contributed by atoms with E-state index in [0.29, 0.717) is 21.9 Å². The van der Waals surface area contributed by atoms with E-state index < -0.39 is 10.0 Å². The first-order chi connectivity index (χ1) is 8.40. The average molecular weight is 285 g/mol. The molecule has 0 saturated heterocycles. The van der Waals surface area contributed by atoms with Crippen LogP contribution < -0.4 is 10.5 Å². The van der Waals surface area contributed by atoms with E-state index in [1.54, 1.807) is 18.2 Å². The predicted molar refractivity (Wildman–Crippen MR) is 74.1 cm³/mol. The van der Waals surface area contributed by atoms with Gasteiger partial charge in [0.1, 0.15) is 4.90 Å². The second-order valence-electron chi connectivity index (χ2n) is 4.40. The zero-order valence-electron chi connectivity index (χ0n) is 10.2. The van der Waals surface area contributed by atoms with Gasteiger partial charge in [-0.15, -0.1) is 0 Å². The van der Waals surface area contributed by atoms with E-state index in [1.807, 2.05) is 13.8 Å². The van der Waals surface area contributed by atoms with E-state index in [9.17, 15) is 8.42 Å². The van der Waals surface area contributed by atoms with Crippen LogP contribution in [0.2, 0.25) is 0 Å². The molecule has 7 heteroatoms. The number of hydrogen-bond donors (Lipinski definition) is 2. The fraction of sp³-hybridized carbons (Fsp3) is 0.364. The summed E-state index contributed by atoms with van der Waals surface area (Å²) in [5.74, 6) is 0.255. The number of nitrogens with two attached hydrogens (primary N) is 1. The van der Waals surface area contributed by atoms with Crippen molar-refractivity contribution < 1.29 is 8.42 Å². The second kappa shape index (κ2) is 4.83. The summed E-state index contributed by atoms with van der Waals surface area (Å²) in [5, 5.41) is 0.372. The predicted octanol–water partition coefficient (Wildman–Crippen LogP) is 1.81. The molecule has 0 radical (unpaired) electrons. The molecule has 1 aromatic carbocycles. The Morgan fingerprint density at radius 3 is 2.83 bits per heavy atom. The minimum Gasteiger partial charge on any atom is -0.375 e. The maximum atomic E-state index is 12.2. The molecule has 18 heavy (non-hydrogen) atoms. The summed E-state index contributed by atoms with van der Waals surface area (Å²) in [4.78, 5) is 4.33. The van der Waals surface area contributed by atoms with Crippen molar-refractivity contribution in [1.29, 1.82) is 0 Å². The Kier molecular flexibility index (Phi) is 3.56. The van der Waals surface area contributed by atoms with Gasteiger partial charge in [-0.3, -0.25) is 0 Å². The zero-order chi connectivity index (χ0) is 13.3. The van der Waals surface area contributed by atoms with Crippen LogP contribution in [-0.2, 0) is 10.0 Å². The van der Waals surface area contributed by atoms with Crippen LogP contribution in [0, 0.1) is 5.92 Å². The van der Waals surface area contributed by atoms with E-state index in [4.69, 9.17) is 5.73 Å². The molecular formula is C11H15N3O2S2. The van der Waals surface area contributed by atoms with Crippen LogP contribution in [0.15, 0.2) is 23.1 Å². The molecule has 0 spiro atoms. The highest BCUT2D eigenvalue weighted by Gasteiger charge is 2.19. The Morgan fingerprint density at radius 2 is 2.17 bits per heavy atom. The van der Waals surface area contributed by atoms with Crippen molar-refractivity contribution in [2.75, 3.05) is 12.3 Å². The standard InChI is InChI=1S/C11H15N3O2S2/c1-7(2)6-13-18(15,16)9-5-3-4-8-10(9)17-11(12)14-8/h3-5,7,13H,6H2,1-2H3,(H2,12,14). The van der Waals surface area contributed by atoms with Crippen LogP contribution in [0.4, 0.5) is 5.13 Å². The van der Waals surface area contributed by atoms with Crippen LogP contribution >= 0.6 is 11.3 Å². The first-order valence-corrected chi connectivity index (χ1v) is 7.85. The number of hydrogen-bond acceptors (Lipinski definition) is 5. The van der Waals surface area contributed by atoms with Gasteiger partial charge >= 0.3 is 0 Å². The highest BCUT2D eigenvalue weighted by molar-refractivity contribution is 7.90. The number of aromatic nitrogens is 1. The number of anilines is 1. The molecule has 2 rings (SSSR count). The summed E-state index contributed by atoms with van der Waals surface area (Å²) >= 11 is 1.19. The Morgan fingerprint density at radius 1 is 1.44 bits per heavy atom. The van der Waals surface area contributed by atoms with E-state index >= 15 is 0 Å². The van der Waals surface area contributed by atoms with Gasteiger partial charge in [-0.05, 0) is 18.1 Å². The van der Waals surface area contributed by atoms with Gasteiger partial charge in [0.25, 0.3) is 0 Å². The fourth-order valence-corrected chi connectivity index (χ4v) is 4.02. The lowest BCUT2D eigenvalue weighted by molar-refractivity contribution is 0.561. The van der Waals surface area contributed by atoms with Crippen molar-refractivity contribution in [3.63, 3.8) is 0 Å². The van der Waals surface area contributed by atoms with Crippen LogP contribution in [0.5, 0.6) is 0 Å². The summed E-state index contributed by atoms with van der Waals surface area (Å²) < 4.78 is 27.6. The first kappa shape index (κ1) is 13.3. The number of fused-ring (bicyclic) bond motifs is 1. The molecule has 2 aromatic rings. The van der Waals surface area contributed by atoms with Gasteiger partial charge in [0.2, 0.25) is 10.0 Å². The highest BCUT2D eigenvalue weighted by Crippen LogP contribution is 2.29. The second-order valence-corrected chi connectivity index (χ2v) is 7.17. The molecule has 0 amide bonds. The topological polar surface area (TPSA) is 85.1 Å². The number of sulfonamides is 1. The molecule has 98 valence electrons. The summed E-state index contributed by atoms with van der Waals surface area (Å²) in [6.45, 7) is 4.31. The molecule has 1 aromatic heterocycles. The minimum absolute atomic E-state index is 0.245. The quantitative estimate of drug-likeness (QED) is 0.897. The largest absolute Gasteiger partial charge is 0.375 e. The summed E-state index contributed by atoms with van der Waals surface area (Å²) in [6, 6.07) is 5.00. The zero-order valence-corrected chi connectivity index (χ0v) is 11.8. The number of thiazole rings is 1. The molecule has 0 aliphatic rings. The molecule has 3 N–H and O–H groups in total. The van der Waals surface area contributed by atoms with Crippen molar-refractivity contribution in [3.05, 3.63) is 18.2 Å². The average Bonchev–Trinajstić information content (AvgIpc) is 2.66. The number of nitrogen functional groups attached to an aromatic ring is 1. The molecule has 0 aliphatic carbocycles. The monoisotopic (exact) mass is 285 g/mol. The van der Waals surface area contributed by atoms with E-state index in [1.165, 1.54) is 11.3 Å². The summed E-state index contributed by atoms with van der Waals surface area (Å²) in [5.41, 5.74) is 6.23. The minimum atomic E-state index is -3.50. The molecule has 0 atom stereocenters. The number of rotatable bonds is 4. The third-order valence-electron chi connectivity index (χ3n) is 2.37. The van der Waals surface area contributed by atoms with Gasteiger partial charge in [-0.25, -0.2) is 18.1 Å². The van der Waals surface area contributed by atoms with Gasteiger partial charge in [-0.2, -0.15) is 0 Å². The molecule has 0 unspecified atom stereocenters. The van der Waals surface area contributed by atoms with Crippen LogP contribution in [0.25, 0.3) is 10.2 Å². The third kappa shape index (κ3) is 2.63. The van der Waals surface area contributed by atoms with Crippen molar-refractivity contribution in [2.45, 2.75) is 18.7 Å². The molecule has 0 saturated carbocycles. The van der Waals surface area contributed by atoms with Crippen molar-refractivity contribution in [1.82, 2.24) is 9.71 Å². The highest BCUT2D eigenvalue weighted by atomic mass is 32.2. The molecule has 5 nitrogen and oxygen atoms in total. The van der Waals surface area contributed by atoms with E-state index in [2.05, 4.69) is 9.71 Å². The molecule has 0 fully saturated rings. The van der Waals surface area contributed by atoms with Crippen LogP contribution in [-0.4, -0.2) is 19.9 Å². The fourth-order valence-electron chi connectivity index (χ4n) is 1.51. The van der Waals surface area contributed by atoms with Gasteiger partial charge in [0.05, 0.1) is 10.2 Å². The van der Waals surface area contributed by atoms with Gasteiger partial charge in [0.15, 0.2) is 5.13 Å². The Hall–Kier alpha value is -1.18. The third-order valence-corrected chi connectivity index (χ3v) is 4.90. The van der Waals surface area contributed by atoms with Gasteiger partial charge in [-0.1, -0.05) is 31.3 Å². The van der Waals surface area contributed by atoms with Crippen molar-refractivity contribution >= 4 is 36.7 Å². The van der Waals surface area contributed by atoms with E-state index in [-0.39, 0.29) is 10.8 Å². The summed E-state index contributed by atoms with van der Waals surface area (Å²) in [7, 11) is -3.50.